The van der Waals surface area contributed by atoms with Crippen LogP contribution in [0.15, 0.2) is 54.6 Å². The van der Waals surface area contributed by atoms with E-state index in [9.17, 15) is 5.26 Å². The molecule has 1 unspecified atom stereocenters. The molecule has 0 aromatic heterocycles. The Morgan fingerprint density at radius 2 is 1.58 bits per heavy atom. The Hall–Kier alpha value is -2.47. The van der Waals surface area contributed by atoms with Crippen LogP contribution in [0.25, 0.3) is 0 Å². The maximum Gasteiger partial charge on any atom is 0.120 e. The molecule has 2 aromatic rings. The van der Waals surface area contributed by atoms with E-state index in [-0.39, 0.29) is 0 Å². The van der Waals surface area contributed by atoms with Crippen molar-refractivity contribution in [2.45, 2.75) is 39.7 Å². The van der Waals surface area contributed by atoms with Gasteiger partial charge in [-0.2, -0.15) is 5.26 Å². The molecule has 2 rings (SSSR count). The van der Waals surface area contributed by atoms with Crippen molar-refractivity contribution >= 4 is 0 Å². The summed E-state index contributed by atoms with van der Waals surface area (Å²) in [5.74, 6) is 1.57. The van der Waals surface area contributed by atoms with Crippen LogP contribution in [0.5, 0.6) is 11.5 Å². The molecule has 0 bridgehead atoms. The van der Waals surface area contributed by atoms with E-state index < -0.39 is 5.41 Å². The predicted molar refractivity (Wildman–Crippen MR) is 96.0 cm³/mol. The van der Waals surface area contributed by atoms with Gasteiger partial charge in [0, 0.05) is 0 Å². The van der Waals surface area contributed by atoms with E-state index in [1.54, 1.807) is 0 Å². The van der Waals surface area contributed by atoms with Crippen molar-refractivity contribution in [1.29, 1.82) is 5.26 Å². The van der Waals surface area contributed by atoms with Gasteiger partial charge < -0.3 is 9.47 Å². The molecule has 0 fully saturated rings. The second-order valence-corrected chi connectivity index (χ2v) is 6.31. The SMILES string of the molecule is CCCCC(C)(C#N)COc1ccc(OCc2ccccc2)cc1. The summed E-state index contributed by atoms with van der Waals surface area (Å²) in [4.78, 5) is 0. The fourth-order valence-corrected chi connectivity index (χ4v) is 2.34. The third kappa shape index (κ3) is 5.62. The molecule has 0 radical (unpaired) electrons. The number of hydrogen-bond donors (Lipinski definition) is 0. The third-order valence-electron chi connectivity index (χ3n) is 3.98. The Labute approximate surface area is 144 Å². The first-order chi connectivity index (χ1) is 11.6. The number of ether oxygens (including phenoxy) is 2. The Balaban J connectivity index is 1.84. The highest BCUT2D eigenvalue weighted by atomic mass is 16.5. The first-order valence-electron chi connectivity index (χ1n) is 8.46. The van der Waals surface area contributed by atoms with Crippen LogP contribution in [-0.4, -0.2) is 6.61 Å². The average Bonchev–Trinajstić information content (AvgIpc) is 2.65. The number of benzene rings is 2. The van der Waals surface area contributed by atoms with Gasteiger partial charge in [-0.3, -0.25) is 0 Å². The van der Waals surface area contributed by atoms with Gasteiger partial charge in [0.2, 0.25) is 0 Å². The molecular weight excluding hydrogens is 298 g/mol. The lowest BCUT2D eigenvalue weighted by Crippen LogP contribution is -2.23. The molecule has 0 saturated carbocycles. The fourth-order valence-electron chi connectivity index (χ4n) is 2.34. The molecule has 0 aliphatic carbocycles. The molecule has 3 nitrogen and oxygen atoms in total. The smallest absolute Gasteiger partial charge is 0.120 e. The van der Waals surface area contributed by atoms with Crippen LogP contribution in [0.4, 0.5) is 0 Å². The van der Waals surface area contributed by atoms with E-state index in [1.165, 1.54) is 0 Å². The van der Waals surface area contributed by atoms with Crippen molar-refractivity contribution in [3.63, 3.8) is 0 Å². The molecule has 0 aliphatic heterocycles. The predicted octanol–water partition coefficient (Wildman–Crippen LogP) is 5.36. The minimum absolute atomic E-state index is 0.410. The first-order valence-corrected chi connectivity index (χ1v) is 8.46. The zero-order valence-electron chi connectivity index (χ0n) is 14.5. The van der Waals surface area contributed by atoms with Crippen LogP contribution in [0.2, 0.25) is 0 Å². The van der Waals surface area contributed by atoms with Gasteiger partial charge in [0.25, 0.3) is 0 Å². The first kappa shape index (κ1) is 17.9. The number of rotatable bonds is 9. The molecular formula is C21H25NO2. The van der Waals surface area contributed by atoms with E-state index in [2.05, 4.69) is 13.0 Å². The molecule has 3 heteroatoms. The van der Waals surface area contributed by atoms with Crippen molar-refractivity contribution in [2.24, 2.45) is 5.41 Å². The average molecular weight is 323 g/mol. The summed E-state index contributed by atoms with van der Waals surface area (Å²) >= 11 is 0. The van der Waals surface area contributed by atoms with Crippen molar-refractivity contribution in [3.05, 3.63) is 60.2 Å². The Kier molecular flexibility index (Phi) is 6.69. The second kappa shape index (κ2) is 8.98. The lowest BCUT2D eigenvalue weighted by Gasteiger charge is -2.21. The number of hydrogen-bond acceptors (Lipinski definition) is 3. The fraction of sp³-hybridized carbons (Fsp3) is 0.381. The van der Waals surface area contributed by atoms with Gasteiger partial charge in [-0.05, 0) is 43.2 Å². The molecule has 0 saturated heterocycles. The van der Waals surface area contributed by atoms with Gasteiger partial charge >= 0.3 is 0 Å². The van der Waals surface area contributed by atoms with Crippen LogP contribution in [0, 0.1) is 16.7 Å². The molecule has 24 heavy (non-hydrogen) atoms. The zero-order chi connectivity index (χ0) is 17.3. The molecule has 2 aromatic carbocycles. The van der Waals surface area contributed by atoms with Gasteiger partial charge in [-0.1, -0.05) is 50.1 Å². The maximum atomic E-state index is 9.36. The summed E-state index contributed by atoms with van der Waals surface area (Å²) < 4.78 is 11.6. The standard InChI is InChI=1S/C21H25NO2/c1-3-4-14-21(2,16-22)17-24-20-12-10-19(11-13-20)23-15-18-8-6-5-7-9-18/h5-13H,3-4,14-15,17H2,1-2H3. The Morgan fingerprint density at radius 1 is 0.958 bits per heavy atom. The molecule has 0 heterocycles. The minimum Gasteiger partial charge on any atom is -0.492 e. The maximum absolute atomic E-state index is 9.36. The van der Waals surface area contributed by atoms with E-state index in [1.807, 2.05) is 61.5 Å². The molecule has 0 N–H and O–H groups in total. The topological polar surface area (TPSA) is 42.2 Å². The molecule has 0 amide bonds. The van der Waals surface area contributed by atoms with Crippen molar-refractivity contribution in [1.82, 2.24) is 0 Å². The van der Waals surface area contributed by atoms with Gasteiger partial charge in [-0.25, -0.2) is 0 Å². The van der Waals surface area contributed by atoms with Crippen molar-refractivity contribution < 1.29 is 9.47 Å². The van der Waals surface area contributed by atoms with Crippen LogP contribution in [0.3, 0.4) is 0 Å². The summed E-state index contributed by atoms with van der Waals surface area (Å²) in [7, 11) is 0. The molecule has 0 spiro atoms. The summed E-state index contributed by atoms with van der Waals surface area (Å²) in [5, 5.41) is 9.36. The summed E-state index contributed by atoms with van der Waals surface area (Å²) in [5.41, 5.74) is 0.705. The summed E-state index contributed by atoms with van der Waals surface area (Å²) in [6.45, 7) is 5.05. The zero-order valence-corrected chi connectivity index (χ0v) is 14.5. The Morgan fingerprint density at radius 3 is 2.17 bits per heavy atom. The van der Waals surface area contributed by atoms with Crippen molar-refractivity contribution in [2.75, 3.05) is 6.61 Å². The van der Waals surface area contributed by atoms with E-state index in [4.69, 9.17) is 9.47 Å². The van der Waals surface area contributed by atoms with Gasteiger partial charge in [-0.15, -0.1) is 0 Å². The Bertz CT molecular complexity index is 646. The molecule has 0 aliphatic rings. The largest absolute Gasteiger partial charge is 0.492 e. The lowest BCUT2D eigenvalue weighted by atomic mass is 9.87. The highest BCUT2D eigenvalue weighted by molar-refractivity contribution is 5.31. The normalized spacial score (nSPS) is 12.9. The van der Waals surface area contributed by atoms with Crippen LogP contribution < -0.4 is 9.47 Å². The van der Waals surface area contributed by atoms with Gasteiger partial charge in [0.15, 0.2) is 0 Å². The lowest BCUT2D eigenvalue weighted by molar-refractivity contribution is 0.198. The van der Waals surface area contributed by atoms with Crippen LogP contribution in [-0.2, 0) is 6.61 Å². The van der Waals surface area contributed by atoms with E-state index in [0.717, 1.165) is 36.3 Å². The number of nitriles is 1. The number of unbranched alkanes of at least 4 members (excludes halogenated alkanes) is 1. The quantitative estimate of drug-likeness (QED) is 0.623. The monoisotopic (exact) mass is 323 g/mol. The van der Waals surface area contributed by atoms with Gasteiger partial charge in [0.05, 0.1) is 11.5 Å². The summed E-state index contributed by atoms with van der Waals surface area (Å²) in [6, 6.07) is 20.0. The minimum atomic E-state index is -0.432. The molecule has 126 valence electrons. The van der Waals surface area contributed by atoms with Crippen LogP contribution in [0.1, 0.15) is 38.7 Å². The second-order valence-electron chi connectivity index (χ2n) is 6.31. The third-order valence-corrected chi connectivity index (χ3v) is 3.98. The van der Waals surface area contributed by atoms with Crippen LogP contribution >= 0.6 is 0 Å². The molecule has 1 atom stereocenters. The highest BCUT2D eigenvalue weighted by Crippen LogP contribution is 2.26. The van der Waals surface area contributed by atoms with Crippen molar-refractivity contribution in [3.8, 4) is 17.6 Å². The number of nitrogens with zero attached hydrogens (tertiary/aromatic N) is 1. The van der Waals surface area contributed by atoms with Gasteiger partial charge in [0.1, 0.15) is 24.7 Å². The van der Waals surface area contributed by atoms with E-state index in [0.29, 0.717) is 13.2 Å². The van der Waals surface area contributed by atoms with E-state index >= 15 is 0 Å². The highest BCUT2D eigenvalue weighted by Gasteiger charge is 2.24. The summed E-state index contributed by atoms with van der Waals surface area (Å²) in [6.07, 6.45) is 2.99.